The molecule has 12 N–H and O–H groups in total. The van der Waals surface area contributed by atoms with Crippen LogP contribution in [0.5, 0.6) is 0 Å². The summed E-state index contributed by atoms with van der Waals surface area (Å²) in [6, 6.07) is 47.3. The number of ether oxygens (including phenoxy) is 3. The molecule has 0 saturated heterocycles. The number of carboxylic acids is 1. The van der Waals surface area contributed by atoms with Crippen molar-refractivity contribution in [3.63, 3.8) is 0 Å². The second kappa shape index (κ2) is 58.8. The van der Waals surface area contributed by atoms with Crippen LogP contribution in [0.15, 0.2) is 211 Å². The van der Waals surface area contributed by atoms with Crippen LogP contribution in [0, 0.1) is 51.0 Å². The van der Waals surface area contributed by atoms with Gasteiger partial charge in [0.1, 0.15) is 66.1 Å². The number of H-pyrrole nitrogens is 1. The Morgan fingerprint density at radius 3 is 0.979 bits per heavy atom. The number of carboxylic acid groups (broad SMARTS) is 1. The van der Waals surface area contributed by atoms with Gasteiger partial charge in [0, 0.05) is 73.5 Å². The third-order valence-electron chi connectivity index (χ3n) is 24.9. The molecule has 36 heteroatoms. The van der Waals surface area contributed by atoms with Crippen LogP contribution in [-0.2, 0) is 63.9 Å². The summed E-state index contributed by atoms with van der Waals surface area (Å²) in [5.74, 6) is -6.28. The molecule has 11 amide bonds. The summed E-state index contributed by atoms with van der Waals surface area (Å²) in [5.41, 5.74) is 11.4. The molecule has 1 heterocycles. The van der Waals surface area contributed by atoms with Crippen molar-refractivity contribution in [1.29, 1.82) is 0 Å². The minimum atomic E-state index is -1.07. The number of aromatic nitrogens is 2. The van der Waals surface area contributed by atoms with Crippen LogP contribution in [0.2, 0.25) is 0 Å². The number of hydrogen-bond donors (Lipinski definition) is 11. The van der Waals surface area contributed by atoms with E-state index in [1.165, 1.54) is 130 Å². The summed E-state index contributed by atoms with van der Waals surface area (Å²) in [5, 5.41) is 30.4. The normalized spacial score (nSPS) is 14.6. The number of methoxy groups -OCH3 is 2. The molecule has 0 aliphatic heterocycles. The van der Waals surface area contributed by atoms with Crippen molar-refractivity contribution in [3.05, 3.63) is 285 Å². The molecule has 4 aliphatic carbocycles. The lowest BCUT2D eigenvalue weighted by atomic mass is 9.93. The number of nitrogens with one attached hydrogen (secondary N) is 9. The number of nitrogens with two attached hydrogens (primary N) is 1. The number of likely N-dealkylation sites (N-methyl/N-ethyl adjacent to an activating group) is 1. The number of amides is 11. The molecule has 13 rings (SSSR count). The highest BCUT2D eigenvalue weighted by molar-refractivity contribution is 6.06. The zero-order chi connectivity index (χ0) is 104. The fraction of sp³-hybridized carbons (Fsp3) is 0.426. The molecule has 9 aromatic rings. The van der Waals surface area contributed by atoms with Crippen LogP contribution in [0.3, 0.4) is 0 Å². The Bertz CT molecular complexity index is 5760. The van der Waals surface area contributed by atoms with Gasteiger partial charge >= 0.3 is 23.8 Å². The topological polar surface area (TPSA) is 409 Å². The summed E-state index contributed by atoms with van der Waals surface area (Å²) in [6.07, 6.45) is 21.6. The van der Waals surface area contributed by atoms with E-state index in [4.69, 9.17) is 25.1 Å². The van der Waals surface area contributed by atoms with Crippen molar-refractivity contribution in [2.45, 2.75) is 244 Å². The number of carbonyl (C=O) groups is 11. The number of nitrogens with zero attached hydrogens (tertiary/aromatic N) is 5. The molecule has 4 fully saturated rings. The first-order valence-corrected chi connectivity index (χ1v) is 48.7. The second-order valence-electron chi connectivity index (χ2n) is 36.7. The smallest absolute Gasteiger partial charge is 0.408 e. The number of alkyl carbamates (subject to hydrolysis) is 1. The number of carbonyl (C=O) groups excluding carboxylic acids is 10. The molecular formula is C108H138ClF4N15O16. The SMILES string of the molecule is CNCC(=O)O.COC(CNC(=O)NCC(=O)N(c1cccc(F)c1)C(C(=O)NC1CCCCC1)c1ccccc1C)OC.Cc1ccccc1C(C(=O)NC1CCCCC1)N(C(=O)CN)c1cccc(F)c1.Cc1ccccc1C(C(=O)NC1CCCCC1)N(C(=O)CNC(=O)OC(C)(C)C)c1cccc(F)c1.Cc1ccccc1C(C(=O)NC1CCCCC1)N(C(=O)Cn1cc[nH]c1=O)c1cccc(F)c1.Cl. The van der Waals surface area contributed by atoms with Crippen LogP contribution >= 0.6 is 12.4 Å². The first-order chi connectivity index (χ1) is 68.6. The molecule has 4 saturated carbocycles. The summed E-state index contributed by atoms with van der Waals surface area (Å²) in [7, 11) is 4.48. The van der Waals surface area contributed by atoms with Crippen LogP contribution in [-0.4, -0.2) is 170 Å². The largest absolute Gasteiger partial charge is 0.480 e. The average Bonchev–Trinajstić information content (AvgIpc) is 0.903. The number of rotatable bonds is 33. The first-order valence-electron chi connectivity index (χ1n) is 48.7. The van der Waals surface area contributed by atoms with Crippen molar-refractivity contribution in [2.75, 3.05) is 73.6 Å². The fourth-order valence-electron chi connectivity index (χ4n) is 17.8. The third kappa shape index (κ3) is 35.8. The van der Waals surface area contributed by atoms with Gasteiger partial charge in [0.2, 0.25) is 47.3 Å². The fourth-order valence-corrected chi connectivity index (χ4v) is 17.8. The van der Waals surface area contributed by atoms with E-state index in [-0.39, 0.29) is 103 Å². The number of aliphatic carboxylic acids is 1. The Hall–Kier alpha value is -13.6. The van der Waals surface area contributed by atoms with Gasteiger partial charge in [-0.3, -0.25) is 67.3 Å². The average molecular weight is 2010 g/mol. The van der Waals surface area contributed by atoms with Gasteiger partial charge in [-0.25, -0.2) is 31.9 Å². The number of aryl methyl sites for hydroxylation is 4. The van der Waals surface area contributed by atoms with Crippen LogP contribution in [0.25, 0.3) is 0 Å². The molecule has 776 valence electrons. The summed E-state index contributed by atoms with van der Waals surface area (Å²) in [6.45, 7) is 11.3. The molecular weight excluding hydrogens is 1870 g/mol. The van der Waals surface area contributed by atoms with Gasteiger partial charge in [0.15, 0.2) is 6.29 Å². The molecule has 31 nitrogen and oxygen atoms in total. The maximum Gasteiger partial charge on any atom is 0.408 e. The van der Waals surface area contributed by atoms with Gasteiger partial charge in [0.05, 0.1) is 26.2 Å². The molecule has 4 unspecified atom stereocenters. The number of hydrogen-bond acceptors (Lipinski definition) is 17. The lowest BCUT2D eigenvalue weighted by Gasteiger charge is -2.34. The lowest BCUT2D eigenvalue weighted by molar-refractivity contribution is -0.136. The molecule has 144 heavy (non-hydrogen) atoms. The predicted molar refractivity (Wildman–Crippen MR) is 548 cm³/mol. The number of aromatic amines is 1. The lowest BCUT2D eigenvalue weighted by Crippen LogP contribution is -2.51. The maximum atomic E-state index is 14.3. The molecule has 4 aliphatic rings. The van der Waals surface area contributed by atoms with Crippen molar-refractivity contribution in [3.8, 4) is 0 Å². The number of urea groups is 1. The van der Waals surface area contributed by atoms with Gasteiger partial charge in [-0.05, 0) is 224 Å². The highest BCUT2D eigenvalue weighted by atomic mass is 35.5. The minimum Gasteiger partial charge on any atom is -0.480 e. The predicted octanol–water partition coefficient (Wildman–Crippen LogP) is 15.9. The molecule has 8 aromatic carbocycles. The van der Waals surface area contributed by atoms with Crippen molar-refractivity contribution < 1.29 is 89.6 Å². The highest BCUT2D eigenvalue weighted by Gasteiger charge is 2.41. The second-order valence-corrected chi connectivity index (χ2v) is 36.7. The quantitative estimate of drug-likeness (QED) is 0.0134. The highest BCUT2D eigenvalue weighted by Crippen LogP contribution is 2.38. The number of benzene rings is 8. The van der Waals surface area contributed by atoms with E-state index in [2.05, 4.69) is 47.5 Å². The van der Waals surface area contributed by atoms with E-state index in [9.17, 15) is 75.1 Å². The summed E-state index contributed by atoms with van der Waals surface area (Å²) in [4.78, 5) is 162. The van der Waals surface area contributed by atoms with Gasteiger partial charge in [-0.2, -0.15) is 0 Å². The van der Waals surface area contributed by atoms with E-state index in [0.29, 0.717) is 27.9 Å². The molecule has 0 radical (unpaired) electrons. The Kier molecular flexibility index (Phi) is 47.3. The van der Waals surface area contributed by atoms with Gasteiger partial charge in [-0.1, -0.05) is 198 Å². The Morgan fingerprint density at radius 2 is 0.722 bits per heavy atom. The standard InChI is InChI=1S/C28H37FN4O5.C28H36FN3O4.C26H29FN4O3.C23H28FN3O2.C3H7NO2.ClH/c1-19-10-7-8-15-23(19)26(27(35)32-21-12-5-4-6-13-21)33(22-14-9-11-20(29)16-22)24(34)17-30-28(36)31-18-25(37-2)38-3;1-19-11-8-9-16-23(19)25(26(34)31-21-13-6-5-7-14-21)32(22-15-10-12-20(29)17-22)24(33)18-30-27(35)36-28(2,3)4;1-18-8-5-6-13-22(18)24(25(33)29-20-10-3-2-4-11-20)31(21-12-7-9-19(27)16-21)23(32)17-30-15-14-28-26(30)34;1-16-8-5-6-13-20(16)22(23(29)26-18-10-3-2-4-11-18)27(21(28)15-25)19-12-7-9-17(24)14-19;1-4-2-3(5)6;/h7-11,14-16,21,25-26H,4-6,12-13,17-18H2,1-3H3,(H,32,35)(H2,30,31,36);8-12,15-17,21,25H,5-7,13-14,18H2,1-4H3,(H,30,35)(H,31,34);5-9,12-16,20,24H,2-4,10-11,17H2,1H3,(H,28,34)(H,29,33);5-9,12-14,18,22H,2-4,10-11,15,25H2,1H3,(H,26,29);4H,2H2,1H3,(H,5,6);1H. The third-order valence-corrected chi connectivity index (χ3v) is 24.9. The first kappa shape index (κ1) is 116. The zero-order valence-electron chi connectivity index (χ0n) is 83.5. The minimum absolute atomic E-state index is 0. The van der Waals surface area contributed by atoms with Crippen molar-refractivity contribution in [1.82, 2.24) is 52.1 Å². The van der Waals surface area contributed by atoms with Crippen molar-refractivity contribution >= 4 is 101 Å². The van der Waals surface area contributed by atoms with E-state index in [1.54, 1.807) is 76.3 Å². The number of anilines is 4. The van der Waals surface area contributed by atoms with Crippen LogP contribution < -0.4 is 73.6 Å². The molecule has 4 atom stereocenters. The van der Waals surface area contributed by atoms with Gasteiger partial charge in [0.25, 0.3) is 0 Å². The Balaban J connectivity index is 0.000000230. The van der Waals surface area contributed by atoms with Gasteiger partial charge < -0.3 is 72.6 Å². The maximum absolute atomic E-state index is 14.3. The Morgan fingerprint density at radius 1 is 0.424 bits per heavy atom. The van der Waals surface area contributed by atoms with E-state index in [0.717, 1.165) is 144 Å². The number of imidazole rings is 1. The number of halogens is 5. The van der Waals surface area contributed by atoms with E-state index < -0.39 is 120 Å². The summed E-state index contributed by atoms with van der Waals surface area (Å²) >= 11 is 0. The molecule has 0 bridgehead atoms. The molecule has 1 aromatic heterocycles. The Labute approximate surface area is 845 Å². The van der Waals surface area contributed by atoms with Crippen LogP contribution in [0.4, 0.5) is 49.9 Å². The van der Waals surface area contributed by atoms with Crippen molar-refractivity contribution in [2.24, 2.45) is 5.73 Å². The monoisotopic (exact) mass is 2010 g/mol. The summed E-state index contributed by atoms with van der Waals surface area (Å²) < 4.78 is 73.4. The van der Waals surface area contributed by atoms with Gasteiger partial charge in [-0.15, -0.1) is 12.4 Å². The van der Waals surface area contributed by atoms with E-state index >= 15 is 0 Å². The zero-order valence-corrected chi connectivity index (χ0v) is 84.3. The van der Waals surface area contributed by atoms with E-state index in [1.807, 2.05) is 100 Å². The van der Waals surface area contributed by atoms with Crippen LogP contribution in [0.1, 0.15) is 218 Å². The molecule has 0 spiro atoms.